The molecule has 5 nitrogen and oxygen atoms in total. The fourth-order valence-electron chi connectivity index (χ4n) is 2.98. The van der Waals surface area contributed by atoms with Gasteiger partial charge < -0.3 is 16.0 Å². The van der Waals surface area contributed by atoms with Crippen molar-refractivity contribution in [1.82, 2.24) is 10.6 Å². The molecule has 0 spiro atoms. The summed E-state index contributed by atoms with van der Waals surface area (Å²) in [5.74, 6) is 0.148. The van der Waals surface area contributed by atoms with Crippen molar-refractivity contribution in [2.24, 2.45) is 0 Å². The van der Waals surface area contributed by atoms with Crippen LogP contribution < -0.4 is 16.0 Å². The smallest absolute Gasteiger partial charge is 0.237 e. The van der Waals surface area contributed by atoms with Gasteiger partial charge >= 0.3 is 0 Å². The molecule has 0 aromatic heterocycles. The van der Waals surface area contributed by atoms with Crippen LogP contribution in [-0.4, -0.2) is 24.4 Å². The number of fused-ring (bicyclic) bond motifs is 1. The van der Waals surface area contributed by atoms with E-state index in [2.05, 4.69) is 22.0 Å². The van der Waals surface area contributed by atoms with E-state index in [1.165, 1.54) is 0 Å². The van der Waals surface area contributed by atoms with Crippen molar-refractivity contribution in [2.45, 2.75) is 44.7 Å². The third-order valence-corrected chi connectivity index (χ3v) is 4.26. The van der Waals surface area contributed by atoms with Gasteiger partial charge in [-0.2, -0.15) is 0 Å². The van der Waals surface area contributed by atoms with E-state index in [4.69, 9.17) is 0 Å². The van der Waals surface area contributed by atoms with Gasteiger partial charge in [0.25, 0.3) is 0 Å². The summed E-state index contributed by atoms with van der Waals surface area (Å²) in [4.78, 5) is 23.5. The summed E-state index contributed by atoms with van der Waals surface area (Å²) in [6.07, 6.45) is 3.27. The Balaban J connectivity index is 0.00000176. The molecule has 1 saturated heterocycles. The van der Waals surface area contributed by atoms with Crippen molar-refractivity contribution >= 4 is 29.9 Å². The van der Waals surface area contributed by atoms with E-state index in [1.54, 1.807) is 0 Å². The number of benzene rings is 1. The molecular weight excluding hydrogens is 302 g/mol. The molecule has 0 saturated carbocycles. The average molecular weight is 324 g/mol. The number of hydrogen-bond acceptors (Lipinski definition) is 3. The Morgan fingerprint density at radius 3 is 2.91 bits per heavy atom. The minimum absolute atomic E-state index is 0. The van der Waals surface area contributed by atoms with Crippen molar-refractivity contribution in [2.75, 3.05) is 11.9 Å². The first-order chi connectivity index (χ1) is 10.1. The lowest BCUT2D eigenvalue weighted by molar-refractivity contribution is -0.123. The van der Waals surface area contributed by atoms with E-state index in [0.29, 0.717) is 6.42 Å². The summed E-state index contributed by atoms with van der Waals surface area (Å²) in [6.45, 7) is 2.92. The fourth-order valence-corrected chi connectivity index (χ4v) is 2.98. The van der Waals surface area contributed by atoms with Gasteiger partial charge in [0, 0.05) is 12.1 Å². The maximum Gasteiger partial charge on any atom is 0.237 e. The minimum atomic E-state index is -0.0515. The summed E-state index contributed by atoms with van der Waals surface area (Å²) < 4.78 is 0. The second-order valence-electron chi connectivity index (χ2n) is 5.84. The van der Waals surface area contributed by atoms with Gasteiger partial charge in [-0.3, -0.25) is 9.59 Å². The number of hydrogen-bond donors (Lipinski definition) is 3. The average Bonchev–Trinajstić information content (AvgIpc) is 3.01. The standard InChI is InChI=1S/C16H21N3O2.ClH/c1-10(18-16(21)14-3-2-8-17-14)11-4-6-13-12(9-11)5-7-15(20)19-13;/h4,6,9-10,14,17H,2-3,5,7-8H2,1H3,(H,18,21)(H,19,20);1H. The predicted octanol–water partition coefficient (Wildman–Crippen LogP) is 1.92. The Bertz CT molecular complexity index is 571. The molecule has 2 atom stereocenters. The number of carbonyl (C=O) groups is 2. The zero-order valence-corrected chi connectivity index (χ0v) is 13.5. The molecule has 6 heteroatoms. The Hall–Kier alpha value is -1.59. The van der Waals surface area contributed by atoms with Gasteiger partial charge in [0.2, 0.25) is 11.8 Å². The van der Waals surface area contributed by atoms with E-state index in [9.17, 15) is 9.59 Å². The molecule has 3 N–H and O–H groups in total. The highest BCUT2D eigenvalue weighted by Gasteiger charge is 2.24. The number of anilines is 1. The van der Waals surface area contributed by atoms with Gasteiger partial charge in [-0.1, -0.05) is 12.1 Å². The van der Waals surface area contributed by atoms with Gasteiger partial charge in [-0.05, 0) is 49.9 Å². The van der Waals surface area contributed by atoms with Gasteiger partial charge in [-0.15, -0.1) is 12.4 Å². The summed E-state index contributed by atoms with van der Waals surface area (Å²) in [6, 6.07) is 5.91. The molecule has 2 aliphatic heterocycles. The van der Waals surface area contributed by atoms with Gasteiger partial charge in [0.05, 0.1) is 12.1 Å². The third-order valence-electron chi connectivity index (χ3n) is 4.26. The van der Waals surface area contributed by atoms with Crippen LogP contribution in [0, 0.1) is 0 Å². The van der Waals surface area contributed by atoms with Gasteiger partial charge in [0.15, 0.2) is 0 Å². The zero-order valence-electron chi connectivity index (χ0n) is 12.6. The number of nitrogens with one attached hydrogen (secondary N) is 3. The summed E-state index contributed by atoms with van der Waals surface area (Å²) >= 11 is 0. The van der Waals surface area contributed by atoms with Crippen LogP contribution in [0.25, 0.3) is 0 Å². The summed E-state index contributed by atoms with van der Waals surface area (Å²) in [5, 5.41) is 9.15. The first-order valence-electron chi connectivity index (χ1n) is 7.60. The van der Waals surface area contributed by atoms with Crippen LogP contribution in [0.4, 0.5) is 5.69 Å². The lowest BCUT2D eigenvalue weighted by Gasteiger charge is -2.21. The van der Waals surface area contributed by atoms with Gasteiger partial charge in [0.1, 0.15) is 0 Å². The van der Waals surface area contributed by atoms with E-state index in [-0.39, 0.29) is 36.3 Å². The maximum absolute atomic E-state index is 12.1. The molecule has 1 fully saturated rings. The Morgan fingerprint density at radius 2 is 2.18 bits per heavy atom. The number of amides is 2. The zero-order chi connectivity index (χ0) is 14.8. The second-order valence-corrected chi connectivity index (χ2v) is 5.84. The van der Waals surface area contributed by atoms with Crippen LogP contribution >= 0.6 is 12.4 Å². The van der Waals surface area contributed by atoms with E-state index < -0.39 is 0 Å². The van der Waals surface area contributed by atoms with Crippen molar-refractivity contribution in [3.05, 3.63) is 29.3 Å². The van der Waals surface area contributed by atoms with Crippen molar-refractivity contribution < 1.29 is 9.59 Å². The molecular formula is C16H22ClN3O2. The number of carbonyl (C=O) groups excluding carboxylic acids is 2. The largest absolute Gasteiger partial charge is 0.348 e. The number of aryl methyl sites for hydroxylation is 1. The lowest BCUT2D eigenvalue weighted by atomic mass is 9.97. The molecule has 1 aromatic carbocycles. The van der Waals surface area contributed by atoms with Crippen LogP contribution in [0.3, 0.4) is 0 Å². The molecule has 2 amide bonds. The lowest BCUT2D eigenvalue weighted by Crippen LogP contribution is -2.41. The van der Waals surface area contributed by atoms with E-state index >= 15 is 0 Å². The van der Waals surface area contributed by atoms with Crippen molar-refractivity contribution in [3.63, 3.8) is 0 Å². The number of rotatable bonds is 3. The van der Waals surface area contributed by atoms with E-state index in [1.807, 2.05) is 19.1 Å². The third kappa shape index (κ3) is 3.59. The quantitative estimate of drug-likeness (QED) is 0.796. The highest BCUT2D eigenvalue weighted by molar-refractivity contribution is 5.93. The van der Waals surface area contributed by atoms with Crippen LogP contribution in [0.2, 0.25) is 0 Å². The SMILES string of the molecule is CC(NC(=O)C1CCCN1)c1ccc2c(c1)CCC(=O)N2.Cl. The van der Waals surface area contributed by atoms with Crippen LogP contribution in [0.5, 0.6) is 0 Å². The normalized spacial score (nSPS) is 21.3. The van der Waals surface area contributed by atoms with Crippen LogP contribution in [0.1, 0.15) is 43.4 Å². The van der Waals surface area contributed by atoms with Crippen molar-refractivity contribution in [1.29, 1.82) is 0 Å². The topological polar surface area (TPSA) is 70.2 Å². The molecule has 120 valence electrons. The molecule has 1 aromatic rings. The molecule has 3 rings (SSSR count). The molecule has 2 heterocycles. The highest BCUT2D eigenvalue weighted by atomic mass is 35.5. The van der Waals surface area contributed by atoms with Crippen LogP contribution in [-0.2, 0) is 16.0 Å². The molecule has 2 aliphatic rings. The van der Waals surface area contributed by atoms with Crippen molar-refractivity contribution in [3.8, 4) is 0 Å². The summed E-state index contributed by atoms with van der Waals surface area (Å²) in [5.41, 5.74) is 3.12. The molecule has 0 aliphatic carbocycles. The Kier molecular flexibility index (Phi) is 5.42. The maximum atomic E-state index is 12.1. The van der Waals surface area contributed by atoms with E-state index in [0.717, 1.165) is 42.6 Å². The number of halogens is 1. The first kappa shape index (κ1) is 16.8. The fraction of sp³-hybridized carbons (Fsp3) is 0.500. The van der Waals surface area contributed by atoms with Crippen LogP contribution in [0.15, 0.2) is 18.2 Å². The first-order valence-corrected chi connectivity index (χ1v) is 7.60. The summed E-state index contributed by atoms with van der Waals surface area (Å²) in [7, 11) is 0. The molecule has 0 bridgehead atoms. The highest BCUT2D eigenvalue weighted by Crippen LogP contribution is 2.26. The Labute approximate surface area is 136 Å². The Morgan fingerprint density at radius 1 is 1.36 bits per heavy atom. The van der Waals surface area contributed by atoms with Gasteiger partial charge in [-0.25, -0.2) is 0 Å². The molecule has 0 radical (unpaired) electrons. The minimum Gasteiger partial charge on any atom is -0.348 e. The predicted molar refractivity (Wildman–Crippen MR) is 88.2 cm³/mol. The second kappa shape index (κ2) is 7.11. The molecule has 2 unspecified atom stereocenters. The monoisotopic (exact) mass is 323 g/mol. The molecule has 22 heavy (non-hydrogen) atoms.